The van der Waals surface area contributed by atoms with E-state index >= 15 is 0 Å². The third-order valence-corrected chi connectivity index (χ3v) is 5.30. The maximum absolute atomic E-state index is 12.1. The molecule has 0 radical (unpaired) electrons. The number of hydrogen-bond acceptors (Lipinski definition) is 2. The molecule has 144 valence electrons. The van der Waals surface area contributed by atoms with Crippen molar-refractivity contribution in [1.29, 1.82) is 0 Å². The van der Waals surface area contributed by atoms with Crippen molar-refractivity contribution < 1.29 is 19.8 Å². The zero-order valence-corrected chi connectivity index (χ0v) is 15.6. The monoisotopic (exact) mass is 376 g/mol. The van der Waals surface area contributed by atoms with E-state index in [2.05, 4.69) is 0 Å². The second kappa shape index (κ2) is 9.18. The SMILES string of the molecule is O=C(O)/C(=C/c1ccccc1)[C@H]1CCCC[C@@H]1/C(=C\c1ccccc1)C(=O)O. The maximum Gasteiger partial charge on any atom is 0.331 e. The fraction of sp³-hybridized carbons (Fsp3) is 0.250. The Morgan fingerprint density at radius 3 is 1.36 bits per heavy atom. The predicted octanol–water partition coefficient (Wildman–Crippen LogP) is 5.13. The molecule has 0 heterocycles. The Labute approximate surface area is 164 Å². The van der Waals surface area contributed by atoms with Crippen molar-refractivity contribution in [3.8, 4) is 0 Å². The lowest BCUT2D eigenvalue weighted by Gasteiger charge is -2.32. The Kier molecular flexibility index (Phi) is 6.43. The minimum atomic E-state index is -0.981. The molecule has 0 spiro atoms. The molecule has 2 atom stereocenters. The Balaban J connectivity index is 2.02. The summed E-state index contributed by atoms with van der Waals surface area (Å²) >= 11 is 0. The van der Waals surface area contributed by atoms with Gasteiger partial charge < -0.3 is 10.2 Å². The van der Waals surface area contributed by atoms with Crippen molar-refractivity contribution in [2.75, 3.05) is 0 Å². The molecule has 2 aromatic carbocycles. The van der Waals surface area contributed by atoms with E-state index in [0.717, 1.165) is 24.0 Å². The van der Waals surface area contributed by atoms with E-state index in [0.29, 0.717) is 12.8 Å². The molecule has 2 aromatic rings. The van der Waals surface area contributed by atoms with Gasteiger partial charge in [0.1, 0.15) is 0 Å². The summed E-state index contributed by atoms with van der Waals surface area (Å²) in [6, 6.07) is 18.7. The summed E-state index contributed by atoms with van der Waals surface area (Å²) < 4.78 is 0. The number of carboxylic acids is 2. The fourth-order valence-electron chi connectivity index (χ4n) is 3.99. The largest absolute Gasteiger partial charge is 0.478 e. The molecule has 1 aliphatic rings. The molecule has 2 N–H and O–H groups in total. The Hall–Kier alpha value is -3.14. The zero-order chi connectivity index (χ0) is 19.9. The van der Waals surface area contributed by atoms with Crippen molar-refractivity contribution in [2.24, 2.45) is 11.8 Å². The van der Waals surface area contributed by atoms with Crippen molar-refractivity contribution in [3.05, 3.63) is 82.9 Å². The first kappa shape index (κ1) is 19.6. The average molecular weight is 376 g/mol. The van der Waals surface area contributed by atoms with Crippen LogP contribution in [0.2, 0.25) is 0 Å². The van der Waals surface area contributed by atoms with Crippen molar-refractivity contribution >= 4 is 24.1 Å². The average Bonchev–Trinajstić information content (AvgIpc) is 2.71. The van der Waals surface area contributed by atoms with Crippen molar-refractivity contribution in [2.45, 2.75) is 25.7 Å². The van der Waals surface area contributed by atoms with Crippen LogP contribution >= 0.6 is 0 Å². The van der Waals surface area contributed by atoms with Crippen LogP contribution in [0.25, 0.3) is 12.2 Å². The lowest BCUT2D eigenvalue weighted by molar-refractivity contribution is -0.135. The summed E-state index contributed by atoms with van der Waals surface area (Å²) in [6.45, 7) is 0. The number of aliphatic carboxylic acids is 2. The van der Waals surface area contributed by atoms with Crippen LogP contribution in [0.3, 0.4) is 0 Å². The van der Waals surface area contributed by atoms with Gasteiger partial charge in [0.15, 0.2) is 0 Å². The van der Waals surface area contributed by atoms with Gasteiger partial charge in [-0.2, -0.15) is 0 Å². The van der Waals surface area contributed by atoms with Crippen LogP contribution in [-0.4, -0.2) is 22.2 Å². The normalized spacial score (nSPS) is 20.6. The lowest BCUT2D eigenvalue weighted by atomic mass is 9.71. The summed E-state index contributed by atoms with van der Waals surface area (Å²) in [7, 11) is 0. The summed E-state index contributed by atoms with van der Waals surface area (Å²) in [6.07, 6.45) is 6.53. The fourth-order valence-corrected chi connectivity index (χ4v) is 3.99. The molecule has 0 saturated heterocycles. The minimum absolute atomic E-state index is 0.288. The Bertz CT molecular complexity index is 806. The van der Waals surface area contributed by atoms with E-state index in [1.54, 1.807) is 12.2 Å². The topological polar surface area (TPSA) is 74.6 Å². The molecule has 4 nitrogen and oxygen atoms in total. The summed E-state index contributed by atoms with van der Waals surface area (Å²) in [5, 5.41) is 19.8. The molecule has 0 bridgehead atoms. The highest BCUT2D eigenvalue weighted by atomic mass is 16.4. The number of carboxylic acid groups (broad SMARTS) is 2. The molecule has 28 heavy (non-hydrogen) atoms. The van der Waals surface area contributed by atoms with Crippen LogP contribution in [0.15, 0.2) is 71.8 Å². The molecule has 1 fully saturated rings. The molecular weight excluding hydrogens is 352 g/mol. The Morgan fingerprint density at radius 2 is 1.04 bits per heavy atom. The molecule has 0 amide bonds. The smallest absolute Gasteiger partial charge is 0.331 e. The van der Waals surface area contributed by atoms with Gasteiger partial charge in [-0.1, -0.05) is 73.5 Å². The van der Waals surface area contributed by atoms with Gasteiger partial charge in [0, 0.05) is 11.1 Å². The van der Waals surface area contributed by atoms with Crippen molar-refractivity contribution in [1.82, 2.24) is 0 Å². The van der Waals surface area contributed by atoms with E-state index in [-0.39, 0.29) is 23.0 Å². The standard InChI is InChI=1S/C24H24O4/c25-23(26)21(15-17-9-3-1-4-10-17)19-13-7-8-14-20(19)22(24(27)28)16-18-11-5-2-6-12-18/h1-6,9-12,15-16,19-20H,7-8,13-14H2,(H,25,26)(H,27,28)/b21-15+,22-16+/t19-,20-/m0/s1. The Morgan fingerprint density at radius 1 is 0.679 bits per heavy atom. The highest BCUT2D eigenvalue weighted by Crippen LogP contribution is 2.40. The van der Waals surface area contributed by atoms with Crippen LogP contribution in [0, 0.1) is 11.8 Å². The van der Waals surface area contributed by atoms with Gasteiger partial charge in [-0.25, -0.2) is 9.59 Å². The van der Waals surface area contributed by atoms with E-state index in [9.17, 15) is 19.8 Å². The molecule has 0 aliphatic heterocycles. The first-order valence-electron chi connectivity index (χ1n) is 9.56. The summed E-state index contributed by atoms with van der Waals surface area (Å²) in [4.78, 5) is 24.1. The van der Waals surface area contributed by atoms with Gasteiger partial charge in [0.2, 0.25) is 0 Å². The van der Waals surface area contributed by atoms with E-state index in [1.165, 1.54) is 0 Å². The molecule has 4 heteroatoms. The quantitative estimate of drug-likeness (QED) is 0.686. The van der Waals surface area contributed by atoms with Gasteiger partial charge in [-0.3, -0.25) is 0 Å². The van der Waals surface area contributed by atoms with E-state index in [4.69, 9.17) is 0 Å². The second-order valence-corrected chi connectivity index (χ2v) is 7.13. The maximum atomic E-state index is 12.1. The summed E-state index contributed by atoms with van der Waals surface area (Å²) in [5.41, 5.74) is 2.20. The molecule has 1 saturated carbocycles. The number of benzene rings is 2. The minimum Gasteiger partial charge on any atom is -0.478 e. The van der Waals surface area contributed by atoms with Crippen LogP contribution in [0.1, 0.15) is 36.8 Å². The van der Waals surface area contributed by atoms with Gasteiger partial charge in [0.25, 0.3) is 0 Å². The number of carbonyl (C=O) groups is 2. The van der Waals surface area contributed by atoms with Crippen LogP contribution in [0.4, 0.5) is 0 Å². The highest BCUT2D eigenvalue weighted by molar-refractivity contribution is 5.95. The lowest BCUT2D eigenvalue weighted by Crippen LogP contribution is -2.29. The van der Waals surface area contributed by atoms with Gasteiger partial charge >= 0.3 is 11.9 Å². The molecule has 0 aromatic heterocycles. The van der Waals surface area contributed by atoms with Crippen molar-refractivity contribution in [3.63, 3.8) is 0 Å². The highest BCUT2D eigenvalue weighted by Gasteiger charge is 2.35. The first-order chi connectivity index (χ1) is 13.6. The number of hydrogen-bond donors (Lipinski definition) is 2. The molecule has 0 unspecified atom stereocenters. The van der Waals surface area contributed by atoms with Crippen LogP contribution < -0.4 is 0 Å². The van der Waals surface area contributed by atoms with Gasteiger partial charge in [-0.15, -0.1) is 0 Å². The van der Waals surface area contributed by atoms with Crippen LogP contribution in [0.5, 0.6) is 0 Å². The second-order valence-electron chi connectivity index (χ2n) is 7.13. The molecule has 1 aliphatic carbocycles. The van der Waals surface area contributed by atoms with Gasteiger partial charge in [0.05, 0.1) is 0 Å². The predicted molar refractivity (Wildman–Crippen MR) is 110 cm³/mol. The van der Waals surface area contributed by atoms with E-state index in [1.807, 2.05) is 60.7 Å². The third-order valence-electron chi connectivity index (χ3n) is 5.30. The van der Waals surface area contributed by atoms with Crippen LogP contribution in [-0.2, 0) is 9.59 Å². The zero-order valence-electron chi connectivity index (χ0n) is 15.6. The summed E-state index contributed by atoms with van der Waals surface area (Å²) in [5.74, 6) is -2.61. The molecule has 3 rings (SSSR count). The van der Waals surface area contributed by atoms with Gasteiger partial charge in [-0.05, 0) is 48.0 Å². The third kappa shape index (κ3) is 4.77. The number of rotatable bonds is 6. The molecular formula is C24H24O4. The first-order valence-corrected chi connectivity index (χ1v) is 9.56. The van der Waals surface area contributed by atoms with E-state index < -0.39 is 11.9 Å².